The zero-order chi connectivity index (χ0) is 10.7. The van der Waals surface area contributed by atoms with Crippen LogP contribution < -0.4 is 5.73 Å². The third-order valence-electron chi connectivity index (χ3n) is 2.83. The first-order valence-corrected chi connectivity index (χ1v) is 5.28. The fourth-order valence-electron chi connectivity index (χ4n) is 1.38. The minimum atomic E-state index is 0.0665. The van der Waals surface area contributed by atoms with Crippen molar-refractivity contribution in [2.75, 3.05) is 0 Å². The molecule has 0 aliphatic heterocycles. The van der Waals surface area contributed by atoms with Crippen LogP contribution in [0.25, 0.3) is 0 Å². The molecule has 0 bridgehead atoms. The molecule has 0 saturated carbocycles. The molecule has 0 saturated heterocycles. The standard InChI is InChI=1S/C11H21N3/c1-8(2)9(3)6-14-7-13-5-11(14)10(4)12/h5,7-10H,6,12H2,1-4H3/t9?,10-/m0/s1. The molecule has 2 atom stereocenters. The van der Waals surface area contributed by atoms with Gasteiger partial charge in [-0.25, -0.2) is 4.98 Å². The van der Waals surface area contributed by atoms with Crippen molar-refractivity contribution in [1.82, 2.24) is 9.55 Å². The molecule has 1 unspecified atom stereocenters. The largest absolute Gasteiger partial charge is 0.333 e. The molecule has 3 heteroatoms. The summed E-state index contributed by atoms with van der Waals surface area (Å²) in [4.78, 5) is 4.14. The molecule has 3 nitrogen and oxygen atoms in total. The molecule has 2 N–H and O–H groups in total. The number of nitrogens with zero attached hydrogens (tertiary/aromatic N) is 2. The predicted octanol–water partition coefficient (Wildman–Crippen LogP) is 2.19. The van der Waals surface area contributed by atoms with E-state index in [-0.39, 0.29) is 6.04 Å². The number of rotatable bonds is 4. The van der Waals surface area contributed by atoms with E-state index in [0.29, 0.717) is 11.8 Å². The molecule has 1 aromatic heterocycles. The van der Waals surface area contributed by atoms with Crippen LogP contribution in [0, 0.1) is 11.8 Å². The van der Waals surface area contributed by atoms with Gasteiger partial charge in [0.2, 0.25) is 0 Å². The lowest BCUT2D eigenvalue weighted by Gasteiger charge is -2.18. The first kappa shape index (κ1) is 11.2. The van der Waals surface area contributed by atoms with Crippen LogP contribution in [0.15, 0.2) is 12.5 Å². The monoisotopic (exact) mass is 195 g/mol. The number of aromatic nitrogens is 2. The van der Waals surface area contributed by atoms with Crippen LogP contribution in [0.2, 0.25) is 0 Å². The molecule has 0 amide bonds. The minimum absolute atomic E-state index is 0.0665. The Morgan fingerprint density at radius 2 is 2.00 bits per heavy atom. The maximum absolute atomic E-state index is 5.85. The Morgan fingerprint density at radius 3 is 2.50 bits per heavy atom. The summed E-state index contributed by atoms with van der Waals surface area (Å²) in [7, 11) is 0. The quantitative estimate of drug-likeness (QED) is 0.800. The molecule has 0 radical (unpaired) electrons. The van der Waals surface area contributed by atoms with E-state index >= 15 is 0 Å². The van der Waals surface area contributed by atoms with Crippen LogP contribution in [-0.2, 0) is 6.54 Å². The van der Waals surface area contributed by atoms with Crippen molar-refractivity contribution in [3.63, 3.8) is 0 Å². The van der Waals surface area contributed by atoms with E-state index < -0.39 is 0 Å². The topological polar surface area (TPSA) is 43.8 Å². The highest BCUT2D eigenvalue weighted by Crippen LogP contribution is 2.16. The molecule has 80 valence electrons. The molecule has 1 aromatic rings. The second kappa shape index (κ2) is 4.60. The molecule has 0 aliphatic rings. The van der Waals surface area contributed by atoms with Crippen molar-refractivity contribution in [2.45, 2.75) is 40.3 Å². The van der Waals surface area contributed by atoms with Gasteiger partial charge in [-0.2, -0.15) is 0 Å². The van der Waals surface area contributed by atoms with Crippen LogP contribution in [0.1, 0.15) is 39.4 Å². The molecule has 0 spiro atoms. The Kier molecular flexibility index (Phi) is 3.69. The fourth-order valence-corrected chi connectivity index (χ4v) is 1.38. The number of hydrogen-bond donors (Lipinski definition) is 1. The smallest absolute Gasteiger partial charge is 0.0948 e. The Bertz CT molecular complexity index is 276. The van der Waals surface area contributed by atoms with Crippen LogP contribution in [0.5, 0.6) is 0 Å². The molecule has 0 aromatic carbocycles. The Morgan fingerprint density at radius 1 is 1.36 bits per heavy atom. The summed E-state index contributed by atoms with van der Waals surface area (Å²) in [6.45, 7) is 9.75. The number of hydrogen-bond acceptors (Lipinski definition) is 2. The zero-order valence-corrected chi connectivity index (χ0v) is 9.57. The third-order valence-corrected chi connectivity index (χ3v) is 2.83. The van der Waals surface area contributed by atoms with E-state index in [0.717, 1.165) is 12.2 Å². The summed E-state index contributed by atoms with van der Waals surface area (Å²) in [5, 5.41) is 0. The van der Waals surface area contributed by atoms with Gasteiger partial charge in [0.05, 0.1) is 12.0 Å². The average Bonchev–Trinajstić information content (AvgIpc) is 2.52. The summed E-state index contributed by atoms with van der Waals surface area (Å²) >= 11 is 0. The van der Waals surface area contributed by atoms with E-state index in [2.05, 4.69) is 30.3 Å². The van der Waals surface area contributed by atoms with Crippen molar-refractivity contribution < 1.29 is 0 Å². The second-order valence-electron chi connectivity index (χ2n) is 4.48. The van der Waals surface area contributed by atoms with Gasteiger partial charge in [0.1, 0.15) is 0 Å². The van der Waals surface area contributed by atoms with Crippen LogP contribution in [0.3, 0.4) is 0 Å². The van der Waals surface area contributed by atoms with Gasteiger partial charge in [-0.3, -0.25) is 0 Å². The van der Waals surface area contributed by atoms with E-state index in [1.165, 1.54) is 0 Å². The number of nitrogens with two attached hydrogens (primary N) is 1. The normalized spacial score (nSPS) is 15.9. The predicted molar refractivity (Wildman–Crippen MR) is 58.8 cm³/mol. The minimum Gasteiger partial charge on any atom is -0.333 e. The van der Waals surface area contributed by atoms with Crippen molar-refractivity contribution in [2.24, 2.45) is 17.6 Å². The highest BCUT2D eigenvalue weighted by atomic mass is 15.1. The number of imidazole rings is 1. The first-order valence-electron chi connectivity index (χ1n) is 5.28. The summed E-state index contributed by atoms with van der Waals surface area (Å²) < 4.78 is 2.16. The van der Waals surface area contributed by atoms with E-state index in [4.69, 9.17) is 5.73 Å². The average molecular weight is 195 g/mol. The van der Waals surface area contributed by atoms with Gasteiger partial charge in [0.15, 0.2) is 0 Å². The fraction of sp³-hybridized carbons (Fsp3) is 0.727. The Labute approximate surface area is 86.3 Å². The third kappa shape index (κ3) is 2.58. The molecular formula is C11H21N3. The lowest BCUT2D eigenvalue weighted by molar-refractivity contribution is 0.358. The Balaban J connectivity index is 2.71. The summed E-state index contributed by atoms with van der Waals surface area (Å²) in [5.74, 6) is 1.35. The van der Waals surface area contributed by atoms with Crippen LogP contribution >= 0.6 is 0 Å². The first-order chi connectivity index (χ1) is 6.52. The second-order valence-corrected chi connectivity index (χ2v) is 4.48. The maximum Gasteiger partial charge on any atom is 0.0948 e. The molecule has 14 heavy (non-hydrogen) atoms. The Hall–Kier alpha value is -0.830. The van der Waals surface area contributed by atoms with Crippen molar-refractivity contribution in [1.29, 1.82) is 0 Å². The summed E-state index contributed by atoms with van der Waals surface area (Å²) in [6.07, 6.45) is 3.73. The van der Waals surface area contributed by atoms with Crippen LogP contribution in [0.4, 0.5) is 0 Å². The van der Waals surface area contributed by atoms with E-state index in [9.17, 15) is 0 Å². The van der Waals surface area contributed by atoms with Gasteiger partial charge < -0.3 is 10.3 Å². The maximum atomic E-state index is 5.85. The lowest BCUT2D eigenvalue weighted by Crippen LogP contribution is -2.17. The van der Waals surface area contributed by atoms with E-state index in [1.807, 2.05) is 19.4 Å². The van der Waals surface area contributed by atoms with Gasteiger partial charge in [-0.15, -0.1) is 0 Å². The highest BCUT2D eigenvalue weighted by molar-refractivity contribution is 5.03. The molecule has 0 aliphatic carbocycles. The van der Waals surface area contributed by atoms with E-state index in [1.54, 1.807) is 0 Å². The summed E-state index contributed by atoms with van der Waals surface area (Å²) in [5.41, 5.74) is 6.97. The highest BCUT2D eigenvalue weighted by Gasteiger charge is 2.11. The zero-order valence-electron chi connectivity index (χ0n) is 9.57. The van der Waals surface area contributed by atoms with Gasteiger partial charge in [0.25, 0.3) is 0 Å². The van der Waals surface area contributed by atoms with Gasteiger partial charge >= 0.3 is 0 Å². The molecular weight excluding hydrogens is 174 g/mol. The molecule has 1 heterocycles. The van der Waals surface area contributed by atoms with Gasteiger partial charge in [0, 0.05) is 18.8 Å². The molecule has 1 rings (SSSR count). The van der Waals surface area contributed by atoms with Crippen LogP contribution in [-0.4, -0.2) is 9.55 Å². The molecule has 0 fully saturated rings. The van der Waals surface area contributed by atoms with Crippen molar-refractivity contribution >= 4 is 0 Å². The van der Waals surface area contributed by atoms with Crippen molar-refractivity contribution in [3.8, 4) is 0 Å². The van der Waals surface area contributed by atoms with Gasteiger partial charge in [-0.1, -0.05) is 20.8 Å². The SMILES string of the molecule is CC(C)C(C)Cn1cncc1[C@H](C)N. The lowest BCUT2D eigenvalue weighted by atomic mass is 9.98. The van der Waals surface area contributed by atoms with Gasteiger partial charge in [-0.05, 0) is 18.8 Å². The van der Waals surface area contributed by atoms with Crippen molar-refractivity contribution in [3.05, 3.63) is 18.2 Å². The summed E-state index contributed by atoms with van der Waals surface area (Å²) in [6, 6.07) is 0.0665.